The van der Waals surface area contributed by atoms with Crippen LogP contribution in [0.4, 0.5) is 34.1 Å². The predicted molar refractivity (Wildman–Crippen MR) is 201 cm³/mol. The highest BCUT2D eigenvalue weighted by Crippen LogP contribution is 2.48. The summed E-state index contributed by atoms with van der Waals surface area (Å²) in [5, 5.41) is 5.29. The summed E-state index contributed by atoms with van der Waals surface area (Å²) in [6.07, 6.45) is 0. The highest BCUT2D eigenvalue weighted by molar-refractivity contribution is 7.26. The normalized spacial score (nSPS) is 11.5. The number of rotatable bonds is 6. The van der Waals surface area contributed by atoms with Gasteiger partial charge in [-0.15, -0.1) is 11.3 Å². The van der Waals surface area contributed by atoms with Gasteiger partial charge in [0.15, 0.2) is 0 Å². The van der Waals surface area contributed by atoms with Crippen molar-refractivity contribution in [3.05, 3.63) is 169 Å². The Kier molecular flexibility index (Phi) is 6.70. The lowest BCUT2D eigenvalue weighted by Gasteiger charge is -2.27. The van der Waals surface area contributed by atoms with Crippen LogP contribution in [0, 0.1) is 0 Å². The Morgan fingerprint density at radius 3 is 1.70 bits per heavy atom. The fraction of sp³-hybridized carbons (Fsp3) is 0. The fourth-order valence-electron chi connectivity index (χ4n) is 6.61. The molecule has 0 aliphatic heterocycles. The third kappa shape index (κ3) is 4.81. The predicted octanol–water partition coefficient (Wildman–Crippen LogP) is 13.5. The van der Waals surface area contributed by atoms with E-state index in [1.165, 1.54) is 15.5 Å². The van der Waals surface area contributed by atoms with E-state index in [4.69, 9.17) is 16.0 Å². The molecule has 0 aliphatic rings. The van der Waals surface area contributed by atoms with E-state index in [0.29, 0.717) is 5.02 Å². The van der Waals surface area contributed by atoms with Gasteiger partial charge in [-0.1, -0.05) is 84.4 Å². The summed E-state index contributed by atoms with van der Waals surface area (Å²) < 4.78 is 8.67. The summed E-state index contributed by atoms with van der Waals surface area (Å²) in [5.74, 6) is 0. The van der Waals surface area contributed by atoms with Gasteiger partial charge in [0.05, 0.1) is 5.69 Å². The van der Waals surface area contributed by atoms with Crippen LogP contribution in [0.3, 0.4) is 0 Å². The van der Waals surface area contributed by atoms with Gasteiger partial charge >= 0.3 is 0 Å². The van der Waals surface area contributed by atoms with Gasteiger partial charge < -0.3 is 14.2 Å². The zero-order valence-electron chi connectivity index (χ0n) is 25.2. The minimum atomic E-state index is 0.709. The summed E-state index contributed by atoms with van der Waals surface area (Å²) in [4.78, 5) is 4.61. The van der Waals surface area contributed by atoms with Crippen molar-refractivity contribution in [3.8, 4) is 0 Å². The molecule has 0 spiro atoms. The van der Waals surface area contributed by atoms with E-state index in [-0.39, 0.29) is 0 Å². The van der Waals surface area contributed by atoms with Gasteiger partial charge in [-0.2, -0.15) is 0 Å². The Labute approximate surface area is 281 Å². The van der Waals surface area contributed by atoms with Gasteiger partial charge in [0, 0.05) is 70.5 Å². The molecule has 5 heteroatoms. The molecule has 0 N–H and O–H groups in total. The van der Waals surface area contributed by atoms with Crippen molar-refractivity contribution in [2.45, 2.75) is 0 Å². The lowest BCUT2D eigenvalue weighted by atomic mass is 10.1. The third-order valence-electron chi connectivity index (χ3n) is 8.66. The molecule has 0 bridgehead atoms. The summed E-state index contributed by atoms with van der Waals surface area (Å²) in [6.45, 7) is 0. The molecule has 7 aromatic carbocycles. The SMILES string of the molecule is Clc1cc(N(c2ccccc2)c2ccccc2)c2c(c1)sc1ccc(N(c3ccccc3)c3ccc4c(c3)oc3ccccc34)cc12. The van der Waals surface area contributed by atoms with Gasteiger partial charge in [0.25, 0.3) is 0 Å². The molecule has 0 saturated carbocycles. The van der Waals surface area contributed by atoms with Crippen molar-refractivity contribution < 1.29 is 4.42 Å². The lowest BCUT2D eigenvalue weighted by molar-refractivity contribution is 0.669. The largest absolute Gasteiger partial charge is 0.456 e. The second-order valence-corrected chi connectivity index (χ2v) is 13.1. The van der Waals surface area contributed by atoms with E-state index in [1.54, 1.807) is 11.3 Å². The highest BCUT2D eigenvalue weighted by Gasteiger charge is 2.21. The summed E-state index contributed by atoms with van der Waals surface area (Å²) in [7, 11) is 0. The first-order valence-corrected chi connectivity index (χ1v) is 16.7. The number of thiophene rings is 1. The van der Waals surface area contributed by atoms with Crippen LogP contribution in [0.15, 0.2) is 168 Å². The van der Waals surface area contributed by atoms with Crippen LogP contribution in [-0.4, -0.2) is 0 Å². The quantitative estimate of drug-likeness (QED) is 0.180. The smallest absolute Gasteiger partial charge is 0.137 e. The van der Waals surface area contributed by atoms with Gasteiger partial charge in [-0.25, -0.2) is 0 Å². The van der Waals surface area contributed by atoms with E-state index in [1.807, 2.05) is 24.3 Å². The number of fused-ring (bicyclic) bond motifs is 6. The molecule has 0 radical (unpaired) electrons. The minimum Gasteiger partial charge on any atom is -0.456 e. The summed E-state index contributed by atoms with van der Waals surface area (Å²) >= 11 is 8.62. The number of hydrogen-bond acceptors (Lipinski definition) is 4. The first-order chi connectivity index (χ1) is 23.2. The molecule has 0 saturated heterocycles. The number of nitrogens with zero attached hydrogens (tertiary/aromatic N) is 2. The Balaban J connectivity index is 1.28. The monoisotopic (exact) mass is 642 g/mol. The second-order valence-electron chi connectivity index (χ2n) is 11.5. The number of benzene rings is 7. The maximum atomic E-state index is 6.85. The standard InChI is InChI=1S/C42H27ClN2OS/c43-28-24-37(45(30-14-6-2-7-15-30)31-16-8-3-9-17-31)42-36-26-32(21-23-40(36)47-41(42)25-28)44(29-12-4-1-5-13-29)33-20-22-35-34-18-10-11-19-38(34)46-39(35)27-33/h1-27H. The van der Waals surface area contributed by atoms with Crippen molar-refractivity contribution in [1.29, 1.82) is 0 Å². The molecule has 224 valence electrons. The van der Waals surface area contributed by atoms with Crippen LogP contribution in [0.25, 0.3) is 42.1 Å². The van der Waals surface area contributed by atoms with Crippen LogP contribution in [-0.2, 0) is 0 Å². The molecule has 0 atom stereocenters. The number of para-hydroxylation sites is 4. The first-order valence-electron chi connectivity index (χ1n) is 15.5. The second kappa shape index (κ2) is 11.4. The Hall–Kier alpha value is -5.55. The van der Waals surface area contributed by atoms with E-state index in [2.05, 4.69) is 149 Å². The summed E-state index contributed by atoms with van der Waals surface area (Å²) in [6, 6.07) is 57.1. The van der Waals surface area contributed by atoms with Gasteiger partial charge in [-0.05, 0) is 84.9 Å². The topological polar surface area (TPSA) is 19.6 Å². The fourth-order valence-corrected chi connectivity index (χ4v) is 8.04. The van der Waals surface area contributed by atoms with Gasteiger partial charge in [0.1, 0.15) is 11.2 Å². The third-order valence-corrected chi connectivity index (χ3v) is 10.00. The van der Waals surface area contributed by atoms with Crippen molar-refractivity contribution >= 4 is 99.2 Å². The molecule has 3 nitrogen and oxygen atoms in total. The molecule has 9 aromatic rings. The molecule has 47 heavy (non-hydrogen) atoms. The van der Waals surface area contributed by atoms with Crippen molar-refractivity contribution in [3.63, 3.8) is 0 Å². The number of hydrogen-bond donors (Lipinski definition) is 0. The Morgan fingerprint density at radius 1 is 0.426 bits per heavy atom. The molecule has 9 rings (SSSR count). The van der Waals surface area contributed by atoms with Gasteiger partial charge in [0.2, 0.25) is 0 Å². The van der Waals surface area contributed by atoms with Crippen LogP contribution < -0.4 is 9.80 Å². The van der Waals surface area contributed by atoms with Crippen LogP contribution >= 0.6 is 22.9 Å². The molecule has 0 fully saturated rings. The molecular formula is C42H27ClN2OS. The average Bonchev–Trinajstić information content (AvgIpc) is 3.67. The molecule has 0 unspecified atom stereocenters. The van der Waals surface area contributed by atoms with Crippen LogP contribution in [0.5, 0.6) is 0 Å². The first kappa shape index (κ1) is 27.7. The zero-order chi connectivity index (χ0) is 31.3. The molecule has 0 aliphatic carbocycles. The van der Waals surface area contributed by atoms with Crippen LogP contribution in [0.1, 0.15) is 0 Å². The Morgan fingerprint density at radius 2 is 1.00 bits per heavy atom. The van der Waals surface area contributed by atoms with E-state index in [0.717, 1.165) is 60.8 Å². The zero-order valence-corrected chi connectivity index (χ0v) is 26.7. The van der Waals surface area contributed by atoms with E-state index < -0.39 is 0 Å². The molecule has 0 amide bonds. The maximum absolute atomic E-state index is 6.85. The molecule has 2 heterocycles. The van der Waals surface area contributed by atoms with Crippen molar-refractivity contribution in [1.82, 2.24) is 0 Å². The van der Waals surface area contributed by atoms with E-state index >= 15 is 0 Å². The van der Waals surface area contributed by atoms with E-state index in [9.17, 15) is 0 Å². The van der Waals surface area contributed by atoms with Crippen molar-refractivity contribution in [2.75, 3.05) is 9.80 Å². The lowest BCUT2D eigenvalue weighted by Crippen LogP contribution is -2.10. The number of anilines is 6. The number of furan rings is 1. The van der Waals surface area contributed by atoms with Crippen LogP contribution in [0.2, 0.25) is 5.02 Å². The summed E-state index contributed by atoms with van der Waals surface area (Å²) in [5.41, 5.74) is 8.11. The Bertz CT molecular complexity index is 2500. The van der Waals surface area contributed by atoms with Gasteiger partial charge in [-0.3, -0.25) is 0 Å². The minimum absolute atomic E-state index is 0.709. The molecular weight excluding hydrogens is 616 g/mol. The molecule has 2 aromatic heterocycles. The van der Waals surface area contributed by atoms with Crippen molar-refractivity contribution in [2.24, 2.45) is 0 Å². The number of halogens is 1. The highest BCUT2D eigenvalue weighted by atomic mass is 35.5. The average molecular weight is 643 g/mol. The maximum Gasteiger partial charge on any atom is 0.137 e.